The van der Waals surface area contributed by atoms with E-state index in [1.165, 1.54) is 13.8 Å². The van der Waals surface area contributed by atoms with Gasteiger partial charge in [-0.2, -0.15) is 5.10 Å². The molecule has 0 spiro atoms. The van der Waals surface area contributed by atoms with Crippen molar-refractivity contribution in [1.29, 1.82) is 0 Å². The van der Waals surface area contributed by atoms with E-state index < -0.39 is 25.7 Å². The van der Waals surface area contributed by atoms with Crippen molar-refractivity contribution in [2.75, 3.05) is 5.32 Å². The fourth-order valence-corrected chi connectivity index (χ4v) is 4.79. The van der Waals surface area contributed by atoms with Gasteiger partial charge in [-0.15, -0.1) is 0 Å². The van der Waals surface area contributed by atoms with Crippen LogP contribution in [-0.2, 0) is 27.1 Å². The summed E-state index contributed by atoms with van der Waals surface area (Å²) in [7, 11) is -1.87. The third kappa shape index (κ3) is 4.43. The zero-order valence-corrected chi connectivity index (χ0v) is 17.6. The van der Waals surface area contributed by atoms with Gasteiger partial charge >= 0.3 is 0 Å². The molecular formula is C18H33N3O3S. The third-order valence-electron chi connectivity index (χ3n) is 4.65. The van der Waals surface area contributed by atoms with Gasteiger partial charge < -0.3 is 5.32 Å². The first kappa shape index (κ1) is 21.7. The minimum atomic E-state index is -3.61. The predicted molar refractivity (Wildman–Crippen MR) is 103 cm³/mol. The number of carbonyl (C=O) groups is 1. The van der Waals surface area contributed by atoms with Crippen molar-refractivity contribution in [3.05, 3.63) is 11.8 Å². The molecule has 0 aliphatic carbocycles. The largest absolute Gasteiger partial charge is 0.310 e. The molecule has 0 fully saturated rings. The summed E-state index contributed by atoms with van der Waals surface area (Å²) in [5.41, 5.74) is 0.680. The Morgan fingerprint density at radius 2 is 1.80 bits per heavy atom. The summed E-state index contributed by atoms with van der Waals surface area (Å²) in [6.07, 6.45) is 1.84. The van der Waals surface area contributed by atoms with Crippen molar-refractivity contribution < 1.29 is 13.2 Å². The molecule has 25 heavy (non-hydrogen) atoms. The molecule has 1 N–H and O–H groups in total. The lowest BCUT2D eigenvalue weighted by atomic mass is 9.92. The second-order valence-corrected chi connectivity index (χ2v) is 10.9. The highest BCUT2D eigenvalue weighted by molar-refractivity contribution is 7.94. The number of rotatable bonds is 7. The number of hydrogen-bond donors (Lipinski definition) is 1. The van der Waals surface area contributed by atoms with Crippen LogP contribution in [0.2, 0.25) is 0 Å². The summed E-state index contributed by atoms with van der Waals surface area (Å²) in [5.74, 6) is -0.0211. The molecule has 1 aromatic rings. The zero-order chi connectivity index (χ0) is 19.6. The van der Waals surface area contributed by atoms with Crippen molar-refractivity contribution >= 4 is 21.6 Å². The van der Waals surface area contributed by atoms with Gasteiger partial charge in [0, 0.05) is 18.5 Å². The molecule has 1 atom stereocenters. The van der Waals surface area contributed by atoms with Gasteiger partial charge in [-0.3, -0.25) is 9.48 Å². The van der Waals surface area contributed by atoms with Gasteiger partial charge in [-0.25, -0.2) is 8.42 Å². The maximum absolute atomic E-state index is 13.0. The highest BCUT2D eigenvalue weighted by Gasteiger charge is 2.45. The van der Waals surface area contributed by atoms with Crippen molar-refractivity contribution in [2.45, 2.75) is 83.1 Å². The first-order valence-corrected chi connectivity index (χ1v) is 10.4. The van der Waals surface area contributed by atoms with Gasteiger partial charge in [0.1, 0.15) is 10.6 Å². The summed E-state index contributed by atoms with van der Waals surface area (Å²) in [6.45, 7) is 12.9. The Morgan fingerprint density at radius 3 is 2.20 bits per heavy atom. The number of amides is 1. The number of hydrogen-bond acceptors (Lipinski definition) is 4. The lowest BCUT2D eigenvalue weighted by Crippen LogP contribution is -2.49. The smallest absolute Gasteiger partial charge is 0.246 e. The highest BCUT2D eigenvalue weighted by Crippen LogP contribution is 2.29. The van der Waals surface area contributed by atoms with Crippen molar-refractivity contribution in [1.82, 2.24) is 9.78 Å². The van der Waals surface area contributed by atoms with Gasteiger partial charge in [-0.1, -0.05) is 41.0 Å². The molecule has 0 aliphatic heterocycles. The van der Waals surface area contributed by atoms with Gasteiger partial charge in [0.15, 0.2) is 9.84 Å². The normalized spacial score (nSPS) is 14.4. The Hall–Kier alpha value is -1.37. The molecule has 1 amide bonds. The SMILES string of the molecule is CCCC(CC)S(=O)(=O)C(C)(C)C(=O)Nc1cc(C(C)(C)C)nn1C. The zero-order valence-electron chi connectivity index (χ0n) is 16.8. The molecule has 0 bridgehead atoms. The number of carbonyl (C=O) groups excluding carboxylic acids is 1. The van der Waals surface area contributed by atoms with E-state index in [2.05, 4.69) is 10.4 Å². The van der Waals surface area contributed by atoms with E-state index in [1.807, 2.05) is 34.6 Å². The van der Waals surface area contributed by atoms with E-state index >= 15 is 0 Å². The quantitative estimate of drug-likeness (QED) is 0.796. The molecule has 1 aromatic heterocycles. The first-order chi connectivity index (χ1) is 11.3. The summed E-state index contributed by atoms with van der Waals surface area (Å²) < 4.78 is 26.0. The molecule has 1 unspecified atom stereocenters. The van der Waals surface area contributed by atoms with E-state index in [-0.39, 0.29) is 5.41 Å². The Kier molecular flexibility index (Phi) is 6.48. The molecule has 0 aromatic carbocycles. The average Bonchev–Trinajstić information content (AvgIpc) is 2.85. The molecule has 7 heteroatoms. The third-order valence-corrected chi connectivity index (χ3v) is 7.71. The summed E-state index contributed by atoms with van der Waals surface area (Å²) in [4.78, 5) is 12.8. The number of sulfone groups is 1. The van der Waals surface area contributed by atoms with Crippen LogP contribution in [0.5, 0.6) is 0 Å². The second-order valence-electron chi connectivity index (χ2n) is 8.12. The molecule has 0 radical (unpaired) electrons. The van der Waals surface area contributed by atoms with E-state index in [9.17, 15) is 13.2 Å². The molecule has 1 heterocycles. The minimum Gasteiger partial charge on any atom is -0.310 e. The number of anilines is 1. The second kappa shape index (κ2) is 7.48. The number of aromatic nitrogens is 2. The summed E-state index contributed by atoms with van der Waals surface area (Å²) >= 11 is 0. The van der Waals surface area contributed by atoms with Gasteiger partial charge in [0.25, 0.3) is 0 Å². The topological polar surface area (TPSA) is 81.1 Å². The minimum absolute atomic E-state index is 0.156. The fraction of sp³-hybridized carbons (Fsp3) is 0.778. The molecule has 6 nitrogen and oxygen atoms in total. The molecule has 0 saturated carbocycles. The molecule has 1 rings (SSSR count). The number of nitrogens with one attached hydrogen (secondary N) is 1. The van der Waals surface area contributed by atoms with Crippen LogP contribution in [0.1, 0.15) is 73.4 Å². The standard InChI is InChI=1S/C18H33N3O3S/c1-9-11-13(10-2)25(23,24)18(6,7)16(22)19-15-12-14(17(3,4)5)20-21(15)8/h12-13H,9-11H2,1-8H3,(H,19,22). The van der Waals surface area contributed by atoms with E-state index in [0.717, 1.165) is 12.1 Å². The van der Waals surface area contributed by atoms with Crippen molar-refractivity contribution in [3.8, 4) is 0 Å². The van der Waals surface area contributed by atoms with Gasteiger partial charge in [-0.05, 0) is 26.7 Å². The van der Waals surface area contributed by atoms with Crippen molar-refractivity contribution in [2.24, 2.45) is 7.05 Å². The summed E-state index contributed by atoms with van der Waals surface area (Å²) in [6, 6.07) is 1.80. The van der Waals surface area contributed by atoms with Gasteiger partial charge in [0.05, 0.1) is 10.9 Å². The number of aryl methyl sites for hydroxylation is 1. The van der Waals surface area contributed by atoms with E-state index in [0.29, 0.717) is 18.7 Å². The van der Waals surface area contributed by atoms with Crippen LogP contribution in [-0.4, -0.2) is 34.1 Å². The lowest BCUT2D eigenvalue weighted by molar-refractivity contribution is -0.117. The Labute approximate surface area is 152 Å². The first-order valence-electron chi connectivity index (χ1n) is 8.88. The Morgan fingerprint density at radius 1 is 1.24 bits per heavy atom. The summed E-state index contributed by atoms with van der Waals surface area (Å²) in [5, 5.41) is 6.66. The van der Waals surface area contributed by atoms with Crippen molar-refractivity contribution in [3.63, 3.8) is 0 Å². The molecule has 144 valence electrons. The molecule has 0 aliphatic rings. The highest BCUT2D eigenvalue weighted by atomic mass is 32.2. The van der Waals surface area contributed by atoms with Crippen LogP contribution >= 0.6 is 0 Å². The van der Waals surface area contributed by atoms with Crippen LogP contribution in [0.25, 0.3) is 0 Å². The maximum Gasteiger partial charge on any atom is 0.246 e. The van der Waals surface area contributed by atoms with Crippen LogP contribution in [0, 0.1) is 0 Å². The molecular weight excluding hydrogens is 338 g/mol. The van der Waals surface area contributed by atoms with Crippen LogP contribution in [0.3, 0.4) is 0 Å². The van der Waals surface area contributed by atoms with Crippen LogP contribution in [0.4, 0.5) is 5.82 Å². The lowest BCUT2D eigenvalue weighted by Gasteiger charge is -2.28. The predicted octanol–water partition coefficient (Wildman–Crippen LogP) is 3.43. The Balaban J connectivity index is 3.12. The van der Waals surface area contributed by atoms with Gasteiger partial charge in [0.2, 0.25) is 5.91 Å². The molecule has 0 saturated heterocycles. The number of nitrogens with zero attached hydrogens (tertiary/aromatic N) is 2. The van der Waals surface area contributed by atoms with Crippen LogP contribution < -0.4 is 5.32 Å². The average molecular weight is 372 g/mol. The monoisotopic (exact) mass is 371 g/mol. The Bertz CT molecular complexity index is 712. The van der Waals surface area contributed by atoms with E-state index in [1.54, 1.807) is 17.8 Å². The maximum atomic E-state index is 13.0. The van der Waals surface area contributed by atoms with E-state index in [4.69, 9.17) is 0 Å². The fourth-order valence-electron chi connectivity index (χ4n) is 2.66. The van der Waals surface area contributed by atoms with Crippen LogP contribution in [0.15, 0.2) is 6.07 Å².